The fourth-order valence-electron chi connectivity index (χ4n) is 2.68. The standard InChI is InChI=1S/C21H16N2OS/c24-20(16-9-5-2-6-10-16)17-11-12-18-19(13-17)23-21(22-18)25-14-15-7-3-1-4-8-15/h1-13H,14H2,(H,22,23). The van der Waals surface area contributed by atoms with Crippen molar-refractivity contribution in [1.29, 1.82) is 0 Å². The highest BCUT2D eigenvalue weighted by Gasteiger charge is 2.11. The Bertz CT molecular complexity index is 1010. The van der Waals surface area contributed by atoms with Gasteiger partial charge < -0.3 is 4.98 Å². The SMILES string of the molecule is O=C(c1ccccc1)c1ccc2nc(SCc3ccccc3)[nH]c2c1. The van der Waals surface area contributed by atoms with Crippen molar-refractivity contribution < 1.29 is 4.79 Å². The molecule has 0 amide bonds. The van der Waals surface area contributed by atoms with Crippen LogP contribution in [0.3, 0.4) is 0 Å². The number of aromatic nitrogens is 2. The summed E-state index contributed by atoms with van der Waals surface area (Å²) in [7, 11) is 0. The van der Waals surface area contributed by atoms with E-state index in [1.807, 2.05) is 66.7 Å². The Morgan fingerprint density at radius 3 is 2.36 bits per heavy atom. The first kappa shape index (κ1) is 15.7. The molecule has 0 aliphatic carbocycles. The third kappa shape index (κ3) is 3.49. The number of carbonyl (C=O) groups is 1. The number of ketones is 1. The van der Waals surface area contributed by atoms with E-state index >= 15 is 0 Å². The Balaban J connectivity index is 1.56. The molecule has 0 aliphatic rings. The first-order valence-electron chi connectivity index (χ1n) is 8.06. The highest BCUT2D eigenvalue weighted by Crippen LogP contribution is 2.24. The van der Waals surface area contributed by atoms with E-state index in [1.165, 1.54) is 5.56 Å². The molecule has 1 heterocycles. The van der Waals surface area contributed by atoms with E-state index in [1.54, 1.807) is 11.8 Å². The van der Waals surface area contributed by atoms with Crippen molar-refractivity contribution in [1.82, 2.24) is 9.97 Å². The number of nitrogens with one attached hydrogen (secondary N) is 1. The Morgan fingerprint density at radius 2 is 1.60 bits per heavy atom. The molecule has 3 nitrogen and oxygen atoms in total. The van der Waals surface area contributed by atoms with Gasteiger partial charge in [-0.25, -0.2) is 4.98 Å². The molecule has 122 valence electrons. The second kappa shape index (κ2) is 6.95. The van der Waals surface area contributed by atoms with Crippen molar-refractivity contribution in [2.45, 2.75) is 10.9 Å². The van der Waals surface area contributed by atoms with E-state index in [2.05, 4.69) is 22.1 Å². The van der Waals surface area contributed by atoms with Crippen LogP contribution in [-0.2, 0) is 5.75 Å². The molecule has 0 aliphatic heterocycles. The van der Waals surface area contributed by atoms with Gasteiger partial charge in [0.1, 0.15) is 0 Å². The van der Waals surface area contributed by atoms with Gasteiger partial charge in [0.05, 0.1) is 11.0 Å². The Labute approximate surface area is 150 Å². The number of hydrogen-bond donors (Lipinski definition) is 1. The van der Waals surface area contributed by atoms with E-state index in [-0.39, 0.29) is 5.78 Å². The molecule has 0 atom stereocenters. The molecule has 0 bridgehead atoms. The lowest BCUT2D eigenvalue weighted by Crippen LogP contribution is -2.00. The molecule has 0 unspecified atom stereocenters. The van der Waals surface area contributed by atoms with Crippen LogP contribution < -0.4 is 0 Å². The third-order valence-electron chi connectivity index (χ3n) is 3.98. The molecular weight excluding hydrogens is 328 g/mol. The summed E-state index contributed by atoms with van der Waals surface area (Å²) in [5.74, 6) is 0.881. The number of aromatic amines is 1. The zero-order valence-electron chi connectivity index (χ0n) is 13.5. The number of benzene rings is 3. The van der Waals surface area contributed by atoms with Gasteiger partial charge in [0.2, 0.25) is 0 Å². The molecular formula is C21H16N2OS. The number of H-pyrrole nitrogens is 1. The van der Waals surface area contributed by atoms with Gasteiger partial charge in [0.25, 0.3) is 0 Å². The highest BCUT2D eigenvalue weighted by atomic mass is 32.2. The smallest absolute Gasteiger partial charge is 0.193 e. The molecule has 25 heavy (non-hydrogen) atoms. The van der Waals surface area contributed by atoms with Crippen molar-refractivity contribution in [3.8, 4) is 0 Å². The molecule has 4 rings (SSSR count). The number of imidazole rings is 1. The average Bonchev–Trinajstić information content (AvgIpc) is 3.09. The number of nitrogens with zero attached hydrogens (tertiary/aromatic N) is 1. The van der Waals surface area contributed by atoms with Crippen LogP contribution in [0.15, 0.2) is 84.0 Å². The monoisotopic (exact) mass is 344 g/mol. The van der Waals surface area contributed by atoms with Crippen LogP contribution in [0.5, 0.6) is 0 Å². The van der Waals surface area contributed by atoms with Crippen LogP contribution in [0.2, 0.25) is 0 Å². The summed E-state index contributed by atoms with van der Waals surface area (Å²) in [6.07, 6.45) is 0. The highest BCUT2D eigenvalue weighted by molar-refractivity contribution is 7.98. The van der Waals surface area contributed by atoms with E-state index in [9.17, 15) is 4.79 Å². The second-order valence-corrected chi connectivity index (χ2v) is 6.71. The normalized spacial score (nSPS) is 10.9. The Morgan fingerprint density at radius 1 is 0.880 bits per heavy atom. The summed E-state index contributed by atoms with van der Waals surface area (Å²) in [6.45, 7) is 0. The summed E-state index contributed by atoms with van der Waals surface area (Å²) in [5, 5.41) is 0.864. The van der Waals surface area contributed by atoms with E-state index in [0.717, 1.165) is 21.9 Å². The maximum absolute atomic E-state index is 12.6. The maximum atomic E-state index is 12.6. The molecule has 0 saturated carbocycles. The van der Waals surface area contributed by atoms with Gasteiger partial charge in [-0.1, -0.05) is 72.4 Å². The minimum Gasteiger partial charge on any atom is -0.333 e. The molecule has 0 radical (unpaired) electrons. The van der Waals surface area contributed by atoms with Gasteiger partial charge >= 0.3 is 0 Å². The van der Waals surface area contributed by atoms with E-state index in [4.69, 9.17) is 0 Å². The van der Waals surface area contributed by atoms with Crippen molar-refractivity contribution in [3.05, 3.63) is 95.6 Å². The van der Waals surface area contributed by atoms with Crippen LogP contribution in [0.25, 0.3) is 11.0 Å². The number of fused-ring (bicyclic) bond motifs is 1. The van der Waals surface area contributed by atoms with Crippen LogP contribution in [0.4, 0.5) is 0 Å². The summed E-state index contributed by atoms with van der Waals surface area (Å²) in [4.78, 5) is 20.5. The zero-order chi connectivity index (χ0) is 17.1. The fourth-order valence-corrected chi connectivity index (χ4v) is 3.52. The number of hydrogen-bond acceptors (Lipinski definition) is 3. The maximum Gasteiger partial charge on any atom is 0.193 e. The predicted octanol–water partition coefficient (Wildman–Crippen LogP) is 5.09. The lowest BCUT2D eigenvalue weighted by atomic mass is 10.0. The van der Waals surface area contributed by atoms with Crippen LogP contribution >= 0.6 is 11.8 Å². The van der Waals surface area contributed by atoms with Crippen molar-refractivity contribution >= 4 is 28.6 Å². The predicted molar refractivity (Wildman–Crippen MR) is 102 cm³/mol. The Kier molecular flexibility index (Phi) is 4.36. The molecule has 0 fully saturated rings. The summed E-state index contributed by atoms with van der Waals surface area (Å²) < 4.78 is 0. The molecule has 1 aromatic heterocycles. The first-order chi connectivity index (χ1) is 12.3. The second-order valence-electron chi connectivity index (χ2n) is 5.74. The minimum absolute atomic E-state index is 0.0237. The topological polar surface area (TPSA) is 45.8 Å². The molecule has 0 spiro atoms. The molecule has 3 aromatic carbocycles. The van der Waals surface area contributed by atoms with Gasteiger partial charge in [-0.15, -0.1) is 0 Å². The van der Waals surface area contributed by atoms with Gasteiger partial charge in [0.15, 0.2) is 10.9 Å². The molecule has 0 saturated heterocycles. The lowest BCUT2D eigenvalue weighted by molar-refractivity contribution is 0.103. The first-order valence-corrected chi connectivity index (χ1v) is 9.04. The lowest BCUT2D eigenvalue weighted by Gasteiger charge is -2.00. The molecule has 4 heteroatoms. The van der Waals surface area contributed by atoms with Gasteiger partial charge in [-0.3, -0.25) is 4.79 Å². The third-order valence-corrected chi connectivity index (χ3v) is 4.92. The van der Waals surface area contributed by atoms with Gasteiger partial charge in [-0.2, -0.15) is 0 Å². The fraction of sp³-hybridized carbons (Fsp3) is 0.0476. The zero-order valence-corrected chi connectivity index (χ0v) is 14.3. The van der Waals surface area contributed by atoms with Crippen molar-refractivity contribution in [3.63, 3.8) is 0 Å². The largest absolute Gasteiger partial charge is 0.333 e. The van der Waals surface area contributed by atoms with E-state index in [0.29, 0.717) is 11.1 Å². The van der Waals surface area contributed by atoms with Crippen LogP contribution in [0.1, 0.15) is 21.5 Å². The molecule has 4 aromatic rings. The average molecular weight is 344 g/mol. The summed E-state index contributed by atoms with van der Waals surface area (Å²) in [6, 6.07) is 25.2. The number of rotatable bonds is 5. The molecule has 1 N–H and O–H groups in total. The van der Waals surface area contributed by atoms with Crippen LogP contribution in [-0.4, -0.2) is 15.8 Å². The van der Waals surface area contributed by atoms with Crippen LogP contribution in [0, 0.1) is 0 Å². The van der Waals surface area contributed by atoms with Gasteiger partial charge in [0, 0.05) is 16.9 Å². The summed E-state index contributed by atoms with van der Waals surface area (Å²) >= 11 is 1.66. The van der Waals surface area contributed by atoms with Crippen molar-refractivity contribution in [2.24, 2.45) is 0 Å². The quantitative estimate of drug-likeness (QED) is 0.405. The Hall–Kier alpha value is -2.85. The van der Waals surface area contributed by atoms with Gasteiger partial charge in [-0.05, 0) is 23.8 Å². The van der Waals surface area contributed by atoms with Crippen molar-refractivity contribution in [2.75, 3.05) is 0 Å². The summed E-state index contributed by atoms with van der Waals surface area (Å²) in [5.41, 5.74) is 4.38. The van der Waals surface area contributed by atoms with E-state index < -0.39 is 0 Å². The number of carbonyl (C=O) groups excluding carboxylic acids is 1. The minimum atomic E-state index is 0.0237. The number of thioether (sulfide) groups is 1.